The molecule has 0 amide bonds. The van der Waals surface area contributed by atoms with Gasteiger partial charge in [0.25, 0.3) is 0 Å². The lowest BCUT2D eigenvalue weighted by Gasteiger charge is -2.14. The minimum absolute atomic E-state index is 0.241. The molecule has 0 bridgehead atoms. The molecule has 0 saturated heterocycles. The Labute approximate surface area is 164 Å². The van der Waals surface area contributed by atoms with E-state index in [1.54, 1.807) is 0 Å². The smallest absolute Gasteiger partial charge is 0.327 e. The molecule has 2 unspecified atom stereocenters. The second kappa shape index (κ2) is 13.5. The van der Waals surface area contributed by atoms with Crippen molar-refractivity contribution in [3.63, 3.8) is 0 Å². The van der Waals surface area contributed by atoms with E-state index >= 15 is 0 Å². The standard InChI is InChI=1S/C23H37NO3/c1-3-4-5-6-7-8-9-10-11-12-13-14-15-16-17-23(18-20(23)2)22(26)27-21(25)19-24/h4-5,7-8,10-11,20H,3,6,9,12-19,24H2,1-2H3. The molecule has 1 fully saturated rings. The number of unbranched alkanes of at least 4 members (excludes halogenated alkanes) is 4. The van der Waals surface area contributed by atoms with E-state index in [9.17, 15) is 9.59 Å². The number of hydrogen-bond donors (Lipinski definition) is 1. The lowest BCUT2D eigenvalue weighted by Crippen LogP contribution is -2.27. The average molecular weight is 376 g/mol. The lowest BCUT2D eigenvalue weighted by molar-refractivity contribution is -0.163. The van der Waals surface area contributed by atoms with Gasteiger partial charge in [0.1, 0.15) is 0 Å². The van der Waals surface area contributed by atoms with Crippen LogP contribution in [0.4, 0.5) is 0 Å². The van der Waals surface area contributed by atoms with E-state index in [2.05, 4.69) is 43.4 Å². The van der Waals surface area contributed by atoms with E-state index < -0.39 is 11.4 Å². The predicted molar refractivity (Wildman–Crippen MR) is 111 cm³/mol. The molecule has 4 nitrogen and oxygen atoms in total. The highest BCUT2D eigenvalue weighted by Gasteiger charge is 2.58. The second-order valence-electron chi connectivity index (χ2n) is 7.47. The molecule has 0 aromatic carbocycles. The van der Waals surface area contributed by atoms with Crippen LogP contribution in [0.1, 0.15) is 78.1 Å². The maximum Gasteiger partial charge on any atom is 0.327 e. The van der Waals surface area contributed by atoms with Crippen molar-refractivity contribution in [3.05, 3.63) is 36.5 Å². The van der Waals surface area contributed by atoms with Gasteiger partial charge in [-0.2, -0.15) is 0 Å². The SMILES string of the molecule is CCC=CCC=CCC=CCCCCCCC1(C(=O)OC(=O)CN)CC1C. The van der Waals surface area contributed by atoms with Crippen LogP contribution in [0.2, 0.25) is 0 Å². The van der Waals surface area contributed by atoms with Crippen LogP contribution < -0.4 is 5.73 Å². The van der Waals surface area contributed by atoms with Crippen molar-refractivity contribution in [3.8, 4) is 0 Å². The highest BCUT2D eigenvalue weighted by molar-refractivity contribution is 5.91. The van der Waals surface area contributed by atoms with E-state index in [0.717, 1.165) is 51.4 Å². The predicted octanol–water partition coefficient (Wildman–Crippen LogP) is 5.24. The summed E-state index contributed by atoms with van der Waals surface area (Å²) in [6.45, 7) is 3.95. The average Bonchev–Trinajstić information content (AvgIpc) is 3.32. The van der Waals surface area contributed by atoms with Crippen molar-refractivity contribution in [1.29, 1.82) is 0 Å². The van der Waals surface area contributed by atoms with Gasteiger partial charge in [0.2, 0.25) is 0 Å². The van der Waals surface area contributed by atoms with Gasteiger partial charge < -0.3 is 10.5 Å². The molecule has 0 aliphatic heterocycles. The summed E-state index contributed by atoms with van der Waals surface area (Å²) in [7, 11) is 0. The van der Waals surface area contributed by atoms with Gasteiger partial charge in [-0.3, -0.25) is 9.59 Å². The molecule has 0 aromatic heterocycles. The summed E-state index contributed by atoms with van der Waals surface area (Å²) in [4.78, 5) is 23.4. The van der Waals surface area contributed by atoms with Gasteiger partial charge in [-0.15, -0.1) is 0 Å². The van der Waals surface area contributed by atoms with Crippen molar-refractivity contribution >= 4 is 11.9 Å². The number of carbonyl (C=O) groups is 2. The number of hydrogen-bond acceptors (Lipinski definition) is 4. The fourth-order valence-electron chi connectivity index (χ4n) is 3.35. The van der Waals surface area contributed by atoms with Crippen LogP contribution >= 0.6 is 0 Å². The topological polar surface area (TPSA) is 69.4 Å². The molecule has 4 heteroatoms. The van der Waals surface area contributed by atoms with Crippen LogP contribution in [0.15, 0.2) is 36.5 Å². The summed E-state index contributed by atoms with van der Waals surface area (Å²) in [5.41, 5.74) is 4.78. The van der Waals surface area contributed by atoms with Crippen LogP contribution in [-0.4, -0.2) is 18.5 Å². The van der Waals surface area contributed by atoms with Crippen LogP contribution in [0.25, 0.3) is 0 Å². The normalized spacial score (nSPS) is 22.1. The highest BCUT2D eigenvalue weighted by Crippen LogP contribution is 2.56. The Kier molecular flexibility index (Phi) is 11.7. The third-order valence-corrected chi connectivity index (χ3v) is 5.26. The first kappa shape index (κ1) is 23.4. The molecule has 2 N–H and O–H groups in total. The summed E-state index contributed by atoms with van der Waals surface area (Å²) in [5.74, 6) is -0.687. The molecule has 1 aliphatic carbocycles. The third-order valence-electron chi connectivity index (χ3n) is 5.26. The van der Waals surface area contributed by atoms with Gasteiger partial charge in [-0.1, -0.05) is 69.6 Å². The number of carbonyl (C=O) groups excluding carboxylic acids is 2. The first-order valence-electron chi connectivity index (χ1n) is 10.5. The van der Waals surface area contributed by atoms with Gasteiger partial charge in [0.05, 0.1) is 12.0 Å². The molecule has 0 spiro atoms. The van der Waals surface area contributed by atoms with Crippen LogP contribution in [0, 0.1) is 11.3 Å². The largest absolute Gasteiger partial charge is 0.392 e. The Morgan fingerprint density at radius 3 is 2.19 bits per heavy atom. The maximum atomic E-state index is 12.2. The molecular weight excluding hydrogens is 338 g/mol. The van der Waals surface area contributed by atoms with Gasteiger partial charge >= 0.3 is 11.9 Å². The van der Waals surface area contributed by atoms with Gasteiger partial charge in [0.15, 0.2) is 0 Å². The molecule has 2 atom stereocenters. The van der Waals surface area contributed by atoms with Gasteiger partial charge in [-0.25, -0.2) is 0 Å². The van der Waals surface area contributed by atoms with E-state index in [1.165, 1.54) is 12.8 Å². The molecule has 0 aromatic rings. The molecule has 1 rings (SSSR count). The summed E-state index contributed by atoms with van der Waals surface area (Å²) in [6, 6.07) is 0. The van der Waals surface area contributed by atoms with Crippen LogP contribution in [0.5, 0.6) is 0 Å². The lowest BCUT2D eigenvalue weighted by atomic mass is 9.95. The minimum Gasteiger partial charge on any atom is -0.392 e. The first-order chi connectivity index (χ1) is 13.1. The number of ether oxygens (including phenoxy) is 1. The van der Waals surface area contributed by atoms with Crippen molar-refractivity contribution in [2.45, 2.75) is 78.1 Å². The molecular formula is C23H37NO3. The quantitative estimate of drug-likeness (QED) is 0.195. The van der Waals surface area contributed by atoms with E-state index in [0.29, 0.717) is 5.92 Å². The fraction of sp³-hybridized carbons (Fsp3) is 0.652. The molecule has 1 aliphatic rings. The first-order valence-corrected chi connectivity index (χ1v) is 10.5. The zero-order valence-corrected chi connectivity index (χ0v) is 17.1. The Balaban J connectivity index is 2.06. The summed E-state index contributed by atoms with van der Waals surface area (Å²) in [6.07, 6.45) is 23.6. The third kappa shape index (κ3) is 9.18. The van der Waals surface area contributed by atoms with Crippen molar-refractivity contribution in [2.24, 2.45) is 17.1 Å². The molecule has 0 radical (unpaired) electrons. The summed E-state index contributed by atoms with van der Waals surface area (Å²) >= 11 is 0. The fourth-order valence-corrected chi connectivity index (χ4v) is 3.35. The molecule has 0 heterocycles. The zero-order valence-electron chi connectivity index (χ0n) is 17.1. The Bertz CT molecular complexity index is 536. The van der Waals surface area contributed by atoms with Crippen molar-refractivity contribution in [1.82, 2.24) is 0 Å². The number of nitrogens with two attached hydrogens (primary N) is 1. The number of allylic oxidation sites excluding steroid dienone is 6. The van der Waals surface area contributed by atoms with Gasteiger partial charge in [-0.05, 0) is 50.9 Å². The summed E-state index contributed by atoms with van der Waals surface area (Å²) < 4.78 is 4.85. The second-order valence-corrected chi connectivity index (χ2v) is 7.47. The Morgan fingerprint density at radius 1 is 1.00 bits per heavy atom. The van der Waals surface area contributed by atoms with Crippen molar-refractivity contribution in [2.75, 3.05) is 6.54 Å². The van der Waals surface area contributed by atoms with E-state index in [1.807, 2.05) is 6.92 Å². The number of rotatable bonds is 14. The number of esters is 2. The zero-order chi connectivity index (χ0) is 20.0. The van der Waals surface area contributed by atoms with Gasteiger partial charge in [0, 0.05) is 0 Å². The highest BCUT2D eigenvalue weighted by atomic mass is 16.6. The minimum atomic E-state index is -0.627. The molecule has 1 saturated carbocycles. The Hall–Kier alpha value is -1.68. The molecule has 27 heavy (non-hydrogen) atoms. The van der Waals surface area contributed by atoms with E-state index in [-0.39, 0.29) is 12.5 Å². The monoisotopic (exact) mass is 375 g/mol. The van der Waals surface area contributed by atoms with Crippen molar-refractivity contribution < 1.29 is 14.3 Å². The Morgan fingerprint density at radius 2 is 1.59 bits per heavy atom. The molecule has 152 valence electrons. The summed E-state index contributed by atoms with van der Waals surface area (Å²) in [5, 5.41) is 0. The maximum absolute atomic E-state index is 12.2. The van der Waals surface area contributed by atoms with Crippen LogP contribution in [-0.2, 0) is 14.3 Å². The van der Waals surface area contributed by atoms with E-state index in [4.69, 9.17) is 10.5 Å². The van der Waals surface area contributed by atoms with Crippen LogP contribution in [0.3, 0.4) is 0 Å².